The molecule has 0 aliphatic carbocycles. The highest BCUT2D eigenvalue weighted by Gasteiger charge is 1.96. The highest BCUT2D eigenvalue weighted by Crippen LogP contribution is 2.19. The summed E-state index contributed by atoms with van der Waals surface area (Å²) < 4.78 is 2.06. The molecule has 0 bridgehead atoms. The summed E-state index contributed by atoms with van der Waals surface area (Å²) in [6.07, 6.45) is 3.07. The molecule has 0 saturated carbocycles. The maximum Gasteiger partial charge on any atom is 0.101 e. The van der Waals surface area contributed by atoms with E-state index in [0.717, 1.165) is 11.4 Å². The van der Waals surface area contributed by atoms with Crippen LogP contribution >= 0.6 is 11.9 Å². The summed E-state index contributed by atoms with van der Waals surface area (Å²) in [5, 5.41) is 0. The van der Waals surface area contributed by atoms with E-state index >= 15 is 0 Å². The fourth-order valence-corrected chi connectivity index (χ4v) is 1.95. The Kier molecular flexibility index (Phi) is 5.39. The Morgan fingerprint density at radius 2 is 2.12 bits per heavy atom. The summed E-state index contributed by atoms with van der Waals surface area (Å²) in [4.78, 5) is 4.48. The lowest BCUT2D eigenvalue weighted by atomic mass is 10.1. The Bertz CT molecular complexity index is 361. The van der Waals surface area contributed by atoms with E-state index in [0.29, 0.717) is 0 Å². The third-order valence-electron chi connectivity index (χ3n) is 2.21. The molecule has 0 radical (unpaired) electrons. The number of rotatable bonds is 5. The van der Waals surface area contributed by atoms with Crippen molar-refractivity contribution >= 4 is 24.0 Å². The van der Waals surface area contributed by atoms with E-state index in [1.165, 1.54) is 17.5 Å². The quantitative estimate of drug-likeness (QED) is 0.437. The van der Waals surface area contributed by atoms with Crippen LogP contribution in [-0.2, 0) is 0 Å². The second-order valence-electron chi connectivity index (χ2n) is 3.91. The Morgan fingerprint density at radius 1 is 1.38 bits per heavy atom. The van der Waals surface area contributed by atoms with Gasteiger partial charge in [0, 0.05) is 12.8 Å². The number of benzene rings is 1. The molecule has 16 heavy (non-hydrogen) atoms. The summed E-state index contributed by atoms with van der Waals surface area (Å²) in [5.41, 5.74) is 3.56. The van der Waals surface area contributed by atoms with Crippen LogP contribution in [0.15, 0.2) is 23.2 Å². The average molecular weight is 236 g/mol. The van der Waals surface area contributed by atoms with Gasteiger partial charge in [-0.25, -0.2) is 4.99 Å². The molecule has 0 fully saturated rings. The summed E-state index contributed by atoms with van der Waals surface area (Å²) in [6, 6.07) is 6.32. The average Bonchev–Trinajstić information content (AvgIpc) is 2.25. The Balaban J connectivity index is 2.61. The van der Waals surface area contributed by atoms with Crippen molar-refractivity contribution in [3.63, 3.8) is 0 Å². The second kappa shape index (κ2) is 6.59. The van der Waals surface area contributed by atoms with Crippen LogP contribution in [0.2, 0.25) is 0 Å². The van der Waals surface area contributed by atoms with Gasteiger partial charge in [-0.3, -0.25) is 0 Å². The van der Waals surface area contributed by atoms with Gasteiger partial charge in [-0.1, -0.05) is 24.6 Å². The van der Waals surface area contributed by atoms with Crippen molar-refractivity contribution in [3.05, 3.63) is 29.3 Å². The van der Waals surface area contributed by atoms with Crippen LogP contribution in [0.3, 0.4) is 0 Å². The van der Waals surface area contributed by atoms with Crippen LogP contribution < -0.4 is 0 Å². The lowest BCUT2D eigenvalue weighted by molar-refractivity contribution is 0.864. The van der Waals surface area contributed by atoms with Crippen LogP contribution in [0.4, 0.5) is 5.69 Å². The summed E-state index contributed by atoms with van der Waals surface area (Å²) in [6.45, 7) is 6.38. The van der Waals surface area contributed by atoms with Gasteiger partial charge in [-0.15, -0.1) is 0 Å². The lowest BCUT2D eigenvalue weighted by Crippen LogP contribution is -2.06. The van der Waals surface area contributed by atoms with Crippen molar-refractivity contribution in [2.24, 2.45) is 4.99 Å². The normalized spacial score (nSPS) is 11.0. The minimum Gasteiger partial charge on any atom is -0.310 e. The first-order valence-corrected chi connectivity index (χ1v) is 6.55. The Hall–Kier alpha value is -0.960. The van der Waals surface area contributed by atoms with Crippen LogP contribution in [-0.4, -0.2) is 23.4 Å². The third-order valence-corrected chi connectivity index (χ3v) is 3.30. The van der Waals surface area contributed by atoms with Gasteiger partial charge in [0.15, 0.2) is 0 Å². The highest BCUT2D eigenvalue weighted by atomic mass is 32.2. The minimum absolute atomic E-state index is 1.05. The van der Waals surface area contributed by atoms with Gasteiger partial charge in [0.1, 0.15) is 6.34 Å². The van der Waals surface area contributed by atoms with E-state index in [9.17, 15) is 0 Å². The van der Waals surface area contributed by atoms with E-state index in [-0.39, 0.29) is 0 Å². The molecule has 0 atom stereocenters. The molecule has 3 heteroatoms. The molecule has 0 N–H and O–H groups in total. The molecule has 0 unspecified atom stereocenters. The molecule has 0 spiro atoms. The molecule has 1 aromatic rings. The predicted molar refractivity (Wildman–Crippen MR) is 74.6 cm³/mol. The number of hydrogen-bond acceptors (Lipinski definition) is 2. The SMILES string of the molecule is CCCSN(C)C=Nc1ccc(C)cc1C. The zero-order valence-electron chi connectivity index (χ0n) is 10.5. The first-order valence-electron chi connectivity index (χ1n) is 5.60. The van der Waals surface area contributed by atoms with E-state index in [1.807, 2.05) is 13.4 Å². The lowest BCUT2D eigenvalue weighted by Gasteiger charge is -2.10. The monoisotopic (exact) mass is 236 g/mol. The highest BCUT2D eigenvalue weighted by molar-refractivity contribution is 7.97. The molecule has 88 valence electrons. The first-order chi connectivity index (χ1) is 7.63. The molecular weight excluding hydrogens is 216 g/mol. The van der Waals surface area contributed by atoms with Crippen LogP contribution in [0.1, 0.15) is 24.5 Å². The maximum absolute atomic E-state index is 4.48. The van der Waals surface area contributed by atoms with Crippen molar-refractivity contribution in [2.75, 3.05) is 12.8 Å². The van der Waals surface area contributed by atoms with Gasteiger partial charge in [-0.05, 0) is 43.8 Å². The zero-order chi connectivity index (χ0) is 12.0. The van der Waals surface area contributed by atoms with Crippen LogP contribution in [0, 0.1) is 13.8 Å². The molecule has 0 heterocycles. The fourth-order valence-electron chi connectivity index (χ4n) is 1.36. The summed E-state index contributed by atoms with van der Waals surface area (Å²) in [5.74, 6) is 1.13. The van der Waals surface area contributed by atoms with Gasteiger partial charge in [-0.2, -0.15) is 0 Å². The fraction of sp³-hybridized carbons (Fsp3) is 0.462. The molecule has 1 rings (SSSR count). The second-order valence-corrected chi connectivity index (χ2v) is 5.16. The van der Waals surface area contributed by atoms with Crippen LogP contribution in [0.5, 0.6) is 0 Å². The van der Waals surface area contributed by atoms with Gasteiger partial charge in [0.05, 0.1) is 5.69 Å². The first kappa shape index (κ1) is 13.1. The standard InChI is InChI=1S/C13H20N2S/c1-5-8-16-15(4)10-14-13-7-6-11(2)9-12(13)3/h6-7,9-10H,5,8H2,1-4H3. The maximum atomic E-state index is 4.48. The van der Waals surface area contributed by atoms with E-state index in [4.69, 9.17) is 0 Å². The molecule has 0 aliphatic rings. The van der Waals surface area contributed by atoms with Crippen molar-refractivity contribution in [1.82, 2.24) is 4.31 Å². The predicted octanol–water partition coefficient (Wildman–Crippen LogP) is 3.95. The van der Waals surface area contributed by atoms with Gasteiger partial charge < -0.3 is 4.31 Å². The van der Waals surface area contributed by atoms with Crippen molar-refractivity contribution < 1.29 is 0 Å². The number of hydrogen-bond donors (Lipinski definition) is 0. The van der Waals surface area contributed by atoms with Gasteiger partial charge in [0.2, 0.25) is 0 Å². The molecule has 0 aromatic heterocycles. The molecular formula is C13H20N2S. The number of nitrogens with zero attached hydrogens (tertiary/aromatic N) is 2. The van der Waals surface area contributed by atoms with E-state index in [2.05, 4.69) is 48.3 Å². The zero-order valence-corrected chi connectivity index (χ0v) is 11.3. The van der Waals surface area contributed by atoms with Crippen LogP contribution in [0.25, 0.3) is 0 Å². The molecule has 0 aliphatic heterocycles. The molecule has 1 aromatic carbocycles. The van der Waals surface area contributed by atoms with Gasteiger partial charge >= 0.3 is 0 Å². The molecule has 2 nitrogen and oxygen atoms in total. The van der Waals surface area contributed by atoms with Crippen molar-refractivity contribution in [3.8, 4) is 0 Å². The Labute approximate surface area is 103 Å². The summed E-state index contributed by atoms with van der Waals surface area (Å²) >= 11 is 1.79. The minimum atomic E-state index is 1.05. The third kappa shape index (κ3) is 4.27. The molecule has 0 saturated heterocycles. The smallest absolute Gasteiger partial charge is 0.101 e. The largest absolute Gasteiger partial charge is 0.310 e. The van der Waals surface area contributed by atoms with Crippen molar-refractivity contribution in [1.29, 1.82) is 0 Å². The van der Waals surface area contributed by atoms with Crippen molar-refractivity contribution in [2.45, 2.75) is 27.2 Å². The topological polar surface area (TPSA) is 15.6 Å². The molecule has 0 amide bonds. The summed E-state index contributed by atoms with van der Waals surface area (Å²) in [7, 11) is 2.04. The van der Waals surface area contributed by atoms with Gasteiger partial charge in [0.25, 0.3) is 0 Å². The Morgan fingerprint density at radius 3 is 2.75 bits per heavy atom. The van der Waals surface area contributed by atoms with E-state index in [1.54, 1.807) is 11.9 Å². The number of aliphatic imine (C=N–C) groups is 1. The number of aryl methyl sites for hydroxylation is 2. The van der Waals surface area contributed by atoms with E-state index < -0.39 is 0 Å².